The number of rotatable bonds is 2. The number of carbonyl (C=O) groups excluding carboxylic acids is 1. The minimum absolute atomic E-state index is 0.0970. The SMILES string of the molecule is Cc1cc2c(cc1N(C)C1CNC1)N1C(=NNC(=O)C1C)CO2. The number of likely N-dealkylation sites (N-methyl/N-ethyl adjacent to an activating group) is 1. The molecule has 23 heavy (non-hydrogen) atoms. The van der Waals surface area contributed by atoms with Crippen molar-refractivity contribution < 1.29 is 9.53 Å². The van der Waals surface area contributed by atoms with Crippen molar-refractivity contribution in [2.45, 2.75) is 25.9 Å². The highest BCUT2D eigenvalue weighted by molar-refractivity contribution is 6.09. The van der Waals surface area contributed by atoms with Crippen LogP contribution in [0.15, 0.2) is 17.2 Å². The molecule has 1 amide bonds. The summed E-state index contributed by atoms with van der Waals surface area (Å²) in [4.78, 5) is 16.3. The van der Waals surface area contributed by atoms with Crippen LogP contribution in [-0.2, 0) is 4.79 Å². The van der Waals surface area contributed by atoms with E-state index >= 15 is 0 Å². The van der Waals surface area contributed by atoms with E-state index in [1.807, 2.05) is 11.8 Å². The van der Waals surface area contributed by atoms with E-state index in [4.69, 9.17) is 4.74 Å². The smallest absolute Gasteiger partial charge is 0.262 e. The summed E-state index contributed by atoms with van der Waals surface area (Å²) in [6, 6.07) is 4.39. The Morgan fingerprint density at radius 1 is 1.39 bits per heavy atom. The summed E-state index contributed by atoms with van der Waals surface area (Å²) in [5, 5.41) is 7.44. The molecule has 1 aromatic rings. The average Bonchev–Trinajstić information content (AvgIpc) is 2.48. The van der Waals surface area contributed by atoms with Crippen LogP contribution in [0.5, 0.6) is 5.75 Å². The fraction of sp³-hybridized carbons (Fsp3) is 0.500. The van der Waals surface area contributed by atoms with Crippen LogP contribution in [-0.4, -0.2) is 50.6 Å². The zero-order chi connectivity index (χ0) is 16.1. The quantitative estimate of drug-likeness (QED) is 0.828. The lowest BCUT2D eigenvalue weighted by Gasteiger charge is -2.41. The van der Waals surface area contributed by atoms with Crippen molar-refractivity contribution in [2.75, 3.05) is 36.5 Å². The van der Waals surface area contributed by atoms with E-state index in [-0.39, 0.29) is 11.9 Å². The minimum atomic E-state index is -0.295. The van der Waals surface area contributed by atoms with Gasteiger partial charge in [0.1, 0.15) is 18.4 Å². The zero-order valence-corrected chi connectivity index (χ0v) is 13.6. The Hall–Kier alpha value is -2.28. The zero-order valence-electron chi connectivity index (χ0n) is 13.6. The van der Waals surface area contributed by atoms with Gasteiger partial charge < -0.3 is 19.9 Å². The molecule has 3 aliphatic heterocycles. The number of amidine groups is 1. The van der Waals surface area contributed by atoms with Gasteiger partial charge in [-0.15, -0.1) is 0 Å². The standard InChI is InChI=1S/C16H21N5O2/c1-9-4-14-13(5-12(9)20(3)11-6-17-7-11)21-10(2)16(22)19-18-15(21)8-23-14/h4-5,10-11,17H,6-8H2,1-3H3,(H,19,22). The van der Waals surface area contributed by atoms with Crippen molar-refractivity contribution in [3.8, 4) is 5.75 Å². The van der Waals surface area contributed by atoms with Crippen LogP contribution < -0.4 is 25.3 Å². The highest BCUT2D eigenvalue weighted by atomic mass is 16.5. The van der Waals surface area contributed by atoms with Gasteiger partial charge in [-0.3, -0.25) is 4.79 Å². The molecule has 0 bridgehead atoms. The third-order valence-electron chi connectivity index (χ3n) is 4.92. The number of ether oxygens (including phenoxy) is 1. The highest BCUT2D eigenvalue weighted by Crippen LogP contribution is 2.40. The van der Waals surface area contributed by atoms with Crippen LogP contribution in [0, 0.1) is 6.92 Å². The second-order valence-corrected chi connectivity index (χ2v) is 6.37. The van der Waals surface area contributed by atoms with E-state index in [1.165, 1.54) is 11.3 Å². The van der Waals surface area contributed by atoms with Crippen LogP contribution in [0.1, 0.15) is 12.5 Å². The summed E-state index contributed by atoms with van der Waals surface area (Å²) in [6.07, 6.45) is 0. The fourth-order valence-corrected chi connectivity index (χ4v) is 3.29. The van der Waals surface area contributed by atoms with E-state index in [2.05, 4.69) is 46.8 Å². The molecular formula is C16H21N5O2. The molecule has 1 unspecified atom stereocenters. The lowest BCUT2D eigenvalue weighted by atomic mass is 10.0. The van der Waals surface area contributed by atoms with Crippen molar-refractivity contribution in [2.24, 2.45) is 5.10 Å². The van der Waals surface area contributed by atoms with Gasteiger partial charge in [0.2, 0.25) is 0 Å². The average molecular weight is 315 g/mol. The predicted octanol–water partition coefficient (Wildman–Crippen LogP) is 0.434. The van der Waals surface area contributed by atoms with Crippen LogP contribution in [0.2, 0.25) is 0 Å². The highest BCUT2D eigenvalue weighted by Gasteiger charge is 2.36. The number of fused-ring (bicyclic) bond motifs is 3. The molecule has 1 saturated heterocycles. The Morgan fingerprint density at radius 3 is 2.87 bits per heavy atom. The molecule has 1 atom stereocenters. The maximum atomic E-state index is 12.0. The number of carbonyl (C=O) groups is 1. The van der Waals surface area contributed by atoms with E-state index in [0.29, 0.717) is 12.6 Å². The Bertz CT molecular complexity index is 698. The van der Waals surface area contributed by atoms with Crippen molar-refractivity contribution in [1.29, 1.82) is 0 Å². The molecule has 1 aromatic carbocycles. The summed E-state index contributed by atoms with van der Waals surface area (Å²) < 4.78 is 5.84. The molecule has 4 rings (SSSR count). The van der Waals surface area contributed by atoms with Crippen LogP contribution >= 0.6 is 0 Å². The molecular weight excluding hydrogens is 294 g/mol. The number of hydrogen-bond acceptors (Lipinski definition) is 6. The molecule has 0 spiro atoms. The molecule has 0 radical (unpaired) electrons. The summed E-state index contributed by atoms with van der Waals surface area (Å²) in [7, 11) is 2.12. The molecule has 1 fully saturated rings. The Kier molecular flexibility index (Phi) is 3.19. The predicted molar refractivity (Wildman–Crippen MR) is 89.3 cm³/mol. The second-order valence-electron chi connectivity index (χ2n) is 6.37. The van der Waals surface area contributed by atoms with E-state index in [9.17, 15) is 4.79 Å². The third-order valence-corrected chi connectivity index (χ3v) is 4.92. The van der Waals surface area contributed by atoms with Gasteiger partial charge in [0.05, 0.1) is 11.7 Å². The van der Waals surface area contributed by atoms with Crippen LogP contribution in [0.25, 0.3) is 0 Å². The summed E-state index contributed by atoms with van der Waals surface area (Å²) >= 11 is 0. The number of benzene rings is 1. The van der Waals surface area contributed by atoms with Gasteiger partial charge in [-0.25, -0.2) is 5.43 Å². The molecule has 3 heterocycles. The Morgan fingerprint density at radius 2 is 2.17 bits per heavy atom. The number of amides is 1. The first kappa shape index (κ1) is 14.3. The maximum absolute atomic E-state index is 12.0. The number of hydrogen-bond donors (Lipinski definition) is 2. The number of anilines is 2. The van der Waals surface area contributed by atoms with E-state index in [0.717, 1.165) is 30.4 Å². The monoisotopic (exact) mass is 315 g/mol. The summed E-state index contributed by atoms with van der Waals surface area (Å²) in [5.74, 6) is 1.46. The Balaban J connectivity index is 1.78. The van der Waals surface area contributed by atoms with Gasteiger partial charge in [0.15, 0.2) is 5.84 Å². The van der Waals surface area contributed by atoms with Crippen molar-refractivity contribution in [3.05, 3.63) is 17.7 Å². The second kappa shape index (κ2) is 5.13. The topological polar surface area (TPSA) is 69.2 Å². The van der Waals surface area contributed by atoms with Crippen LogP contribution in [0.4, 0.5) is 11.4 Å². The van der Waals surface area contributed by atoms with Gasteiger partial charge in [-0.05, 0) is 31.5 Å². The fourth-order valence-electron chi connectivity index (χ4n) is 3.29. The van der Waals surface area contributed by atoms with Crippen molar-refractivity contribution in [3.63, 3.8) is 0 Å². The maximum Gasteiger partial charge on any atom is 0.262 e. The summed E-state index contributed by atoms with van der Waals surface area (Å²) in [6.45, 7) is 6.35. The molecule has 2 N–H and O–H groups in total. The van der Waals surface area contributed by atoms with E-state index in [1.54, 1.807) is 0 Å². The number of nitrogens with zero attached hydrogens (tertiary/aromatic N) is 3. The summed E-state index contributed by atoms with van der Waals surface area (Å²) in [5.41, 5.74) is 5.81. The third kappa shape index (κ3) is 2.15. The van der Waals surface area contributed by atoms with Crippen molar-refractivity contribution in [1.82, 2.24) is 10.7 Å². The normalized spacial score (nSPS) is 23.1. The van der Waals surface area contributed by atoms with Gasteiger partial charge >= 0.3 is 0 Å². The minimum Gasteiger partial charge on any atom is -0.483 e. The molecule has 122 valence electrons. The molecule has 0 saturated carbocycles. The van der Waals surface area contributed by atoms with Gasteiger partial charge in [-0.1, -0.05) is 0 Å². The number of hydrazone groups is 1. The van der Waals surface area contributed by atoms with Gasteiger partial charge in [0.25, 0.3) is 5.91 Å². The number of aryl methyl sites for hydroxylation is 1. The van der Waals surface area contributed by atoms with Crippen LogP contribution in [0.3, 0.4) is 0 Å². The lowest BCUT2D eigenvalue weighted by molar-refractivity contribution is -0.122. The van der Waals surface area contributed by atoms with Crippen molar-refractivity contribution >= 4 is 23.1 Å². The largest absolute Gasteiger partial charge is 0.483 e. The molecule has 3 aliphatic rings. The molecule has 0 aromatic heterocycles. The molecule has 0 aliphatic carbocycles. The Labute approximate surface area is 135 Å². The molecule has 7 heteroatoms. The van der Waals surface area contributed by atoms with E-state index < -0.39 is 0 Å². The first-order valence-corrected chi connectivity index (χ1v) is 7.93. The first-order valence-electron chi connectivity index (χ1n) is 7.93. The van der Waals surface area contributed by atoms with Gasteiger partial charge in [0, 0.05) is 25.8 Å². The number of nitrogens with one attached hydrogen (secondary N) is 2. The molecule has 7 nitrogen and oxygen atoms in total. The van der Waals surface area contributed by atoms with Gasteiger partial charge in [-0.2, -0.15) is 5.10 Å². The lowest BCUT2D eigenvalue weighted by Crippen LogP contribution is -2.56. The first-order chi connectivity index (χ1) is 11.1.